The van der Waals surface area contributed by atoms with E-state index in [1.807, 2.05) is 6.07 Å². The number of hydrogen-bond donors (Lipinski definition) is 2. The van der Waals surface area contributed by atoms with Crippen molar-refractivity contribution < 1.29 is 9.59 Å². The smallest absolute Gasteiger partial charge is 0.229 e. The van der Waals surface area contributed by atoms with Crippen LogP contribution in [0.2, 0.25) is 0 Å². The predicted molar refractivity (Wildman–Crippen MR) is 73.2 cm³/mol. The second-order valence-electron chi connectivity index (χ2n) is 4.33. The number of piperidine rings is 1. The number of hydrogen-bond acceptors (Lipinski definition) is 3. The van der Waals surface area contributed by atoms with E-state index in [2.05, 4.69) is 26.6 Å². The average molecular weight is 322 g/mol. The van der Waals surface area contributed by atoms with Crippen molar-refractivity contribution in [1.82, 2.24) is 5.32 Å². The van der Waals surface area contributed by atoms with Crippen molar-refractivity contribution in [3.63, 3.8) is 0 Å². The van der Waals surface area contributed by atoms with Gasteiger partial charge in [0.05, 0.1) is 17.2 Å². The van der Waals surface area contributed by atoms with Gasteiger partial charge in [0.15, 0.2) is 0 Å². The Balaban J connectivity index is 2.09. The average Bonchev–Trinajstić information content (AvgIpc) is 2.39. The highest BCUT2D eigenvalue weighted by atomic mass is 79.9. The second kappa shape index (κ2) is 5.85. The van der Waals surface area contributed by atoms with Gasteiger partial charge in [-0.25, -0.2) is 0 Å². The van der Waals surface area contributed by atoms with E-state index in [-0.39, 0.29) is 17.7 Å². The lowest BCUT2D eigenvalue weighted by Gasteiger charge is -2.21. The van der Waals surface area contributed by atoms with E-state index in [0.29, 0.717) is 30.6 Å². The number of carbonyl (C=O) groups excluding carboxylic acids is 2. The molecule has 1 fully saturated rings. The lowest BCUT2D eigenvalue weighted by atomic mass is 9.98. The highest BCUT2D eigenvalue weighted by Crippen LogP contribution is 2.22. The summed E-state index contributed by atoms with van der Waals surface area (Å²) in [6, 6.07) is 7.11. The van der Waals surface area contributed by atoms with Crippen LogP contribution < -0.4 is 10.6 Å². The summed E-state index contributed by atoms with van der Waals surface area (Å²) in [5, 5.41) is 14.4. The number of amides is 2. The largest absolute Gasteiger partial charge is 0.355 e. The summed E-state index contributed by atoms with van der Waals surface area (Å²) >= 11 is 3.30. The van der Waals surface area contributed by atoms with Gasteiger partial charge in [-0.3, -0.25) is 9.59 Å². The number of carbonyl (C=O) groups is 2. The summed E-state index contributed by atoms with van der Waals surface area (Å²) < 4.78 is 0.791. The van der Waals surface area contributed by atoms with Gasteiger partial charge >= 0.3 is 0 Å². The first-order valence-corrected chi connectivity index (χ1v) is 6.66. The van der Waals surface area contributed by atoms with Crippen LogP contribution >= 0.6 is 15.9 Å². The van der Waals surface area contributed by atoms with Gasteiger partial charge in [-0.05, 0) is 24.6 Å². The third-order valence-electron chi connectivity index (χ3n) is 3.00. The van der Waals surface area contributed by atoms with Crippen molar-refractivity contribution in [3.05, 3.63) is 28.2 Å². The predicted octanol–water partition coefficient (Wildman–Crippen LogP) is 1.79. The molecule has 1 aliphatic heterocycles. The number of anilines is 1. The topological polar surface area (TPSA) is 82.0 Å². The first-order chi connectivity index (χ1) is 9.10. The molecule has 1 aliphatic rings. The van der Waals surface area contributed by atoms with Crippen molar-refractivity contribution in [1.29, 1.82) is 5.26 Å². The van der Waals surface area contributed by atoms with Crippen LogP contribution in [0, 0.1) is 17.2 Å². The molecule has 0 saturated carbocycles. The molecule has 1 atom stereocenters. The zero-order valence-electron chi connectivity index (χ0n) is 10.1. The van der Waals surface area contributed by atoms with Crippen molar-refractivity contribution in [2.24, 2.45) is 5.92 Å². The van der Waals surface area contributed by atoms with E-state index >= 15 is 0 Å². The molecular weight excluding hydrogens is 310 g/mol. The van der Waals surface area contributed by atoms with Crippen molar-refractivity contribution in [2.75, 3.05) is 11.9 Å². The Labute approximate surface area is 119 Å². The van der Waals surface area contributed by atoms with Gasteiger partial charge in [-0.1, -0.05) is 15.9 Å². The molecule has 6 heteroatoms. The lowest BCUT2D eigenvalue weighted by molar-refractivity contribution is -0.126. The van der Waals surface area contributed by atoms with Gasteiger partial charge in [0.25, 0.3) is 0 Å². The van der Waals surface area contributed by atoms with Gasteiger partial charge in [-0.15, -0.1) is 0 Å². The maximum Gasteiger partial charge on any atom is 0.229 e. The van der Waals surface area contributed by atoms with E-state index in [9.17, 15) is 9.59 Å². The molecule has 0 aliphatic carbocycles. The molecule has 1 aromatic carbocycles. The third-order valence-corrected chi connectivity index (χ3v) is 3.49. The monoisotopic (exact) mass is 321 g/mol. The molecule has 1 saturated heterocycles. The van der Waals surface area contributed by atoms with Crippen LogP contribution in [-0.2, 0) is 9.59 Å². The maximum absolute atomic E-state index is 12.1. The van der Waals surface area contributed by atoms with E-state index in [4.69, 9.17) is 5.26 Å². The highest BCUT2D eigenvalue weighted by molar-refractivity contribution is 9.10. The Morgan fingerprint density at radius 2 is 2.32 bits per heavy atom. The minimum absolute atomic E-state index is 0.0239. The Morgan fingerprint density at radius 3 is 2.95 bits per heavy atom. The van der Waals surface area contributed by atoms with E-state index < -0.39 is 0 Å². The summed E-state index contributed by atoms with van der Waals surface area (Å²) in [6.45, 7) is 0.348. The third kappa shape index (κ3) is 3.32. The summed E-state index contributed by atoms with van der Waals surface area (Å²) in [5.74, 6) is -0.443. The fraction of sp³-hybridized carbons (Fsp3) is 0.308. The SMILES string of the molecule is N#Cc1ccc(Br)cc1NC(=O)C1CCC(=O)NC1. The van der Waals surface area contributed by atoms with Crippen LogP contribution in [0.25, 0.3) is 0 Å². The number of nitriles is 1. The van der Waals surface area contributed by atoms with E-state index in [1.54, 1.807) is 18.2 Å². The lowest BCUT2D eigenvalue weighted by Crippen LogP contribution is -2.40. The zero-order valence-corrected chi connectivity index (χ0v) is 11.7. The fourth-order valence-corrected chi connectivity index (χ4v) is 2.27. The number of halogens is 1. The fourth-order valence-electron chi connectivity index (χ4n) is 1.91. The molecule has 1 unspecified atom stereocenters. The van der Waals surface area contributed by atoms with Crippen LogP contribution in [0.3, 0.4) is 0 Å². The standard InChI is InChI=1S/C13H12BrN3O2/c14-10-3-1-8(6-15)11(5-10)17-13(19)9-2-4-12(18)16-7-9/h1,3,5,9H,2,4,7H2,(H,16,18)(H,17,19). The molecule has 1 aromatic rings. The molecule has 2 N–H and O–H groups in total. The minimum Gasteiger partial charge on any atom is -0.355 e. The number of rotatable bonds is 2. The Morgan fingerprint density at radius 1 is 1.53 bits per heavy atom. The molecule has 1 heterocycles. The minimum atomic E-state index is -0.247. The van der Waals surface area contributed by atoms with Gasteiger partial charge in [-0.2, -0.15) is 5.26 Å². The summed E-state index contributed by atoms with van der Waals surface area (Å²) in [5.41, 5.74) is 0.898. The molecular formula is C13H12BrN3O2. The van der Waals surface area contributed by atoms with Crippen LogP contribution in [0.5, 0.6) is 0 Å². The molecule has 0 spiro atoms. The van der Waals surface area contributed by atoms with Crippen LogP contribution in [0.15, 0.2) is 22.7 Å². The van der Waals surface area contributed by atoms with Gasteiger partial charge in [0.2, 0.25) is 11.8 Å². The molecule has 0 bridgehead atoms. The quantitative estimate of drug-likeness (QED) is 0.871. The second-order valence-corrected chi connectivity index (χ2v) is 5.25. The number of benzene rings is 1. The normalized spacial score (nSPS) is 18.3. The van der Waals surface area contributed by atoms with Crippen molar-refractivity contribution >= 4 is 33.4 Å². The van der Waals surface area contributed by atoms with Gasteiger partial charge in [0.1, 0.15) is 6.07 Å². The van der Waals surface area contributed by atoms with Crippen LogP contribution in [0.4, 0.5) is 5.69 Å². The highest BCUT2D eigenvalue weighted by Gasteiger charge is 2.24. The Kier molecular flexibility index (Phi) is 4.17. The Bertz CT molecular complexity index is 555. The van der Waals surface area contributed by atoms with Gasteiger partial charge in [0, 0.05) is 17.4 Å². The summed E-state index contributed by atoms with van der Waals surface area (Å²) in [6.07, 6.45) is 0.898. The van der Waals surface area contributed by atoms with Gasteiger partial charge < -0.3 is 10.6 Å². The Hall–Kier alpha value is -1.87. The first-order valence-electron chi connectivity index (χ1n) is 5.87. The maximum atomic E-state index is 12.1. The first kappa shape index (κ1) is 13.6. The molecule has 0 radical (unpaired) electrons. The molecule has 5 nitrogen and oxygen atoms in total. The van der Waals surface area contributed by atoms with Crippen molar-refractivity contribution in [2.45, 2.75) is 12.8 Å². The van der Waals surface area contributed by atoms with E-state index in [0.717, 1.165) is 4.47 Å². The number of nitrogens with one attached hydrogen (secondary N) is 2. The summed E-state index contributed by atoms with van der Waals surface area (Å²) in [4.78, 5) is 23.1. The molecule has 98 valence electrons. The zero-order chi connectivity index (χ0) is 13.8. The molecule has 2 rings (SSSR count). The van der Waals surface area contributed by atoms with Crippen LogP contribution in [0.1, 0.15) is 18.4 Å². The molecule has 19 heavy (non-hydrogen) atoms. The van der Waals surface area contributed by atoms with E-state index in [1.165, 1.54) is 0 Å². The van der Waals surface area contributed by atoms with Crippen molar-refractivity contribution in [3.8, 4) is 6.07 Å². The molecule has 0 aromatic heterocycles. The molecule has 2 amide bonds. The number of nitrogens with zero attached hydrogens (tertiary/aromatic N) is 1. The summed E-state index contributed by atoms with van der Waals surface area (Å²) in [7, 11) is 0. The van der Waals surface area contributed by atoms with Crippen LogP contribution in [-0.4, -0.2) is 18.4 Å².